The first kappa shape index (κ1) is 13.6. The number of non-ortho nitro benzene ring substituents is 1. The third kappa shape index (κ3) is 2.20. The predicted octanol–water partition coefficient (Wildman–Crippen LogP) is 3.53. The molecular formula is C15H10N4O3S. The van der Waals surface area contributed by atoms with Gasteiger partial charge in [-0.1, -0.05) is 11.3 Å². The number of imidazole rings is 1. The molecule has 0 spiro atoms. The van der Waals surface area contributed by atoms with Gasteiger partial charge in [0.15, 0.2) is 4.96 Å². The topological polar surface area (TPSA) is 82.6 Å². The largest absolute Gasteiger partial charge is 0.495 e. The van der Waals surface area contributed by atoms with E-state index >= 15 is 0 Å². The number of hydrogen-bond acceptors (Lipinski definition) is 6. The molecule has 0 amide bonds. The number of nitro groups is 1. The quantitative estimate of drug-likeness (QED) is 0.425. The fourth-order valence-electron chi connectivity index (χ4n) is 2.37. The molecule has 1 aromatic carbocycles. The number of hydrogen-bond donors (Lipinski definition) is 0. The van der Waals surface area contributed by atoms with Gasteiger partial charge in [0.1, 0.15) is 10.6 Å². The third-order valence-electron chi connectivity index (χ3n) is 3.54. The molecule has 0 aliphatic carbocycles. The lowest BCUT2D eigenvalue weighted by Gasteiger charge is -1.98. The van der Waals surface area contributed by atoms with E-state index in [9.17, 15) is 10.1 Å². The van der Waals surface area contributed by atoms with Crippen molar-refractivity contribution in [2.75, 3.05) is 7.11 Å². The average molecular weight is 326 g/mol. The molecule has 0 aliphatic rings. The molecule has 23 heavy (non-hydrogen) atoms. The van der Waals surface area contributed by atoms with Crippen LogP contribution in [0.25, 0.3) is 26.6 Å². The van der Waals surface area contributed by atoms with Crippen molar-refractivity contribution in [2.45, 2.75) is 0 Å². The molecule has 3 heterocycles. The van der Waals surface area contributed by atoms with Crippen LogP contribution in [-0.2, 0) is 0 Å². The van der Waals surface area contributed by atoms with Crippen LogP contribution in [0.5, 0.6) is 5.75 Å². The number of aromatic nitrogens is 3. The van der Waals surface area contributed by atoms with Gasteiger partial charge in [0.25, 0.3) is 5.69 Å². The number of benzene rings is 1. The third-order valence-corrected chi connectivity index (χ3v) is 4.52. The van der Waals surface area contributed by atoms with Crippen LogP contribution < -0.4 is 4.74 Å². The first-order valence-corrected chi connectivity index (χ1v) is 7.54. The smallest absolute Gasteiger partial charge is 0.269 e. The van der Waals surface area contributed by atoms with Gasteiger partial charge >= 0.3 is 0 Å². The lowest BCUT2D eigenvalue weighted by Crippen LogP contribution is -1.87. The summed E-state index contributed by atoms with van der Waals surface area (Å²) in [5, 5.41) is 10.7. The summed E-state index contributed by atoms with van der Waals surface area (Å²) in [5.74, 6) is 0.683. The summed E-state index contributed by atoms with van der Waals surface area (Å²) >= 11 is 1.48. The molecular weight excluding hydrogens is 316 g/mol. The Balaban J connectivity index is 1.83. The number of pyridine rings is 1. The highest BCUT2D eigenvalue weighted by molar-refractivity contribution is 7.23. The van der Waals surface area contributed by atoms with Crippen molar-refractivity contribution in [1.29, 1.82) is 0 Å². The van der Waals surface area contributed by atoms with Crippen LogP contribution in [0.2, 0.25) is 0 Å². The van der Waals surface area contributed by atoms with E-state index < -0.39 is 4.92 Å². The van der Waals surface area contributed by atoms with Crippen molar-refractivity contribution in [1.82, 2.24) is 14.4 Å². The zero-order chi connectivity index (χ0) is 16.0. The van der Waals surface area contributed by atoms with Crippen LogP contribution in [0.1, 0.15) is 0 Å². The molecule has 114 valence electrons. The molecule has 0 saturated heterocycles. The zero-order valence-electron chi connectivity index (χ0n) is 12.0. The van der Waals surface area contributed by atoms with Crippen molar-refractivity contribution in [2.24, 2.45) is 0 Å². The Kier molecular flexibility index (Phi) is 2.98. The molecule has 3 aromatic heterocycles. The van der Waals surface area contributed by atoms with Gasteiger partial charge in [0.2, 0.25) is 0 Å². The molecule has 7 nitrogen and oxygen atoms in total. The molecule has 8 heteroatoms. The second kappa shape index (κ2) is 5.03. The number of fused-ring (bicyclic) bond motifs is 3. The normalized spacial score (nSPS) is 11.2. The standard InChI is InChI=1S/C15H10N4O3S/c1-22-11-6-13-14(16-7-11)23-15-17-12(8-18(13)15)9-2-4-10(5-3-9)19(20)21/h2-8H,1H3. The maximum absolute atomic E-state index is 10.7. The molecule has 0 bridgehead atoms. The van der Waals surface area contributed by atoms with Gasteiger partial charge in [0, 0.05) is 30.0 Å². The van der Waals surface area contributed by atoms with E-state index in [-0.39, 0.29) is 5.69 Å². The molecule has 0 atom stereocenters. The van der Waals surface area contributed by atoms with Crippen molar-refractivity contribution in [3.63, 3.8) is 0 Å². The van der Waals surface area contributed by atoms with Gasteiger partial charge in [-0.25, -0.2) is 9.97 Å². The van der Waals surface area contributed by atoms with Crippen LogP contribution >= 0.6 is 11.3 Å². The number of rotatable bonds is 3. The monoisotopic (exact) mass is 326 g/mol. The zero-order valence-corrected chi connectivity index (χ0v) is 12.8. The second-order valence-electron chi connectivity index (χ2n) is 4.88. The first-order valence-electron chi connectivity index (χ1n) is 6.72. The molecule has 4 aromatic rings. The van der Waals surface area contributed by atoms with E-state index in [1.54, 1.807) is 25.4 Å². The average Bonchev–Trinajstić information content (AvgIpc) is 3.12. The number of ether oxygens (including phenoxy) is 1. The first-order chi connectivity index (χ1) is 11.2. The maximum atomic E-state index is 10.7. The number of thiazole rings is 1. The highest BCUT2D eigenvalue weighted by Gasteiger charge is 2.13. The minimum Gasteiger partial charge on any atom is -0.495 e. The summed E-state index contributed by atoms with van der Waals surface area (Å²) in [6.45, 7) is 0. The van der Waals surface area contributed by atoms with Gasteiger partial charge in [-0.15, -0.1) is 0 Å². The van der Waals surface area contributed by atoms with Crippen LogP contribution in [0.15, 0.2) is 42.7 Å². The van der Waals surface area contributed by atoms with E-state index in [0.29, 0.717) is 5.75 Å². The number of nitrogens with zero attached hydrogens (tertiary/aromatic N) is 4. The minimum absolute atomic E-state index is 0.0640. The van der Waals surface area contributed by atoms with Crippen molar-refractivity contribution < 1.29 is 9.66 Å². The van der Waals surface area contributed by atoms with Gasteiger partial charge < -0.3 is 4.74 Å². The lowest BCUT2D eigenvalue weighted by atomic mass is 10.1. The van der Waals surface area contributed by atoms with Gasteiger partial charge in [-0.3, -0.25) is 14.5 Å². The Morgan fingerprint density at radius 2 is 2.09 bits per heavy atom. The molecule has 0 fully saturated rings. The fraction of sp³-hybridized carbons (Fsp3) is 0.0667. The fourth-order valence-corrected chi connectivity index (χ4v) is 3.31. The SMILES string of the molecule is COc1cnc2sc3nc(-c4ccc([N+](=O)[O-])cc4)cn3c2c1. The van der Waals surface area contributed by atoms with E-state index in [1.165, 1.54) is 23.5 Å². The molecule has 0 unspecified atom stereocenters. The molecule has 0 saturated carbocycles. The van der Waals surface area contributed by atoms with Crippen molar-refractivity contribution >= 4 is 32.3 Å². The van der Waals surface area contributed by atoms with E-state index in [1.807, 2.05) is 16.7 Å². The maximum Gasteiger partial charge on any atom is 0.269 e. The Labute approximate surface area is 133 Å². The summed E-state index contributed by atoms with van der Waals surface area (Å²) < 4.78 is 7.16. The molecule has 0 N–H and O–H groups in total. The summed E-state index contributed by atoms with van der Waals surface area (Å²) in [4.78, 5) is 20.9. The van der Waals surface area contributed by atoms with Gasteiger partial charge in [-0.05, 0) is 12.1 Å². The predicted molar refractivity (Wildman–Crippen MR) is 87.0 cm³/mol. The highest BCUT2D eigenvalue weighted by Crippen LogP contribution is 2.30. The van der Waals surface area contributed by atoms with Crippen LogP contribution in [0, 0.1) is 10.1 Å². The Morgan fingerprint density at radius 1 is 1.30 bits per heavy atom. The second-order valence-corrected chi connectivity index (χ2v) is 5.84. The van der Waals surface area contributed by atoms with Crippen LogP contribution in [0.3, 0.4) is 0 Å². The highest BCUT2D eigenvalue weighted by atomic mass is 32.1. The minimum atomic E-state index is -0.416. The lowest BCUT2D eigenvalue weighted by molar-refractivity contribution is -0.384. The van der Waals surface area contributed by atoms with E-state index in [0.717, 1.165) is 26.6 Å². The molecule has 0 radical (unpaired) electrons. The number of nitro benzene ring substituents is 1. The summed E-state index contributed by atoms with van der Waals surface area (Å²) in [7, 11) is 1.60. The van der Waals surface area contributed by atoms with Crippen molar-refractivity contribution in [3.05, 3.63) is 52.8 Å². The number of methoxy groups -OCH3 is 1. The van der Waals surface area contributed by atoms with Crippen LogP contribution in [0.4, 0.5) is 5.69 Å². The van der Waals surface area contributed by atoms with E-state index in [4.69, 9.17) is 4.74 Å². The summed E-state index contributed by atoms with van der Waals surface area (Å²) in [6.07, 6.45) is 3.58. The Hall–Kier alpha value is -3.00. The Bertz CT molecular complexity index is 1040. The molecule has 0 aliphatic heterocycles. The van der Waals surface area contributed by atoms with Crippen molar-refractivity contribution in [3.8, 4) is 17.0 Å². The van der Waals surface area contributed by atoms with Gasteiger partial charge in [-0.2, -0.15) is 0 Å². The summed E-state index contributed by atoms with van der Waals surface area (Å²) in [5.41, 5.74) is 2.57. The van der Waals surface area contributed by atoms with Gasteiger partial charge in [0.05, 0.1) is 29.4 Å². The van der Waals surface area contributed by atoms with E-state index in [2.05, 4.69) is 9.97 Å². The Morgan fingerprint density at radius 3 is 2.78 bits per heavy atom. The van der Waals surface area contributed by atoms with Crippen LogP contribution in [-0.4, -0.2) is 26.4 Å². The summed E-state index contributed by atoms with van der Waals surface area (Å²) in [6, 6.07) is 8.27. The molecule has 4 rings (SSSR count).